The van der Waals surface area contributed by atoms with Gasteiger partial charge in [-0.15, -0.1) is 0 Å². The number of rotatable bonds is 4. The van der Waals surface area contributed by atoms with Crippen LogP contribution in [0.2, 0.25) is 0 Å². The fourth-order valence-electron chi connectivity index (χ4n) is 1.38. The number of hydrogen-bond acceptors (Lipinski definition) is 3. The first-order valence-corrected chi connectivity index (χ1v) is 5.71. The van der Waals surface area contributed by atoms with Crippen LogP contribution >= 0.6 is 11.3 Å². The van der Waals surface area contributed by atoms with Gasteiger partial charge in [0.15, 0.2) is 5.78 Å². The summed E-state index contributed by atoms with van der Waals surface area (Å²) in [5.41, 5.74) is 0.453. The zero-order valence-corrected chi connectivity index (χ0v) is 10.0. The SMILES string of the molecule is CCC(C)(C(=O)c1ccsc1)N(C)C. The molecule has 78 valence electrons. The predicted octanol–water partition coefficient (Wildman–Crippen LogP) is 2.66. The number of thiophene rings is 1. The summed E-state index contributed by atoms with van der Waals surface area (Å²) in [5.74, 6) is 0.214. The fourth-order valence-corrected chi connectivity index (χ4v) is 2.02. The molecule has 0 amide bonds. The monoisotopic (exact) mass is 211 g/mol. The molecule has 0 radical (unpaired) electrons. The van der Waals surface area contributed by atoms with Crippen LogP contribution in [-0.2, 0) is 0 Å². The number of likely N-dealkylation sites (N-methyl/N-ethyl adjacent to an activating group) is 1. The second-order valence-corrected chi connectivity index (χ2v) is 4.64. The summed E-state index contributed by atoms with van der Waals surface area (Å²) >= 11 is 1.57. The molecule has 0 saturated heterocycles. The average molecular weight is 211 g/mol. The van der Waals surface area contributed by atoms with Crippen LogP contribution in [0.15, 0.2) is 16.8 Å². The van der Waals surface area contributed by atoms with E-state index in [4.69, 9.17) is 0 Å². The van der Waals surface area contributed by atoms with E-state index < -0.39 is 0 Å². The zero-order valence-electron chi connectivity index (χ0n) is 9.20. The first-order chi connectivity index (χ1) is 6.52. The highest BCUT2D eigenvalue weighted by atomic mass is 32.1. The Hall–Kier alpha value is -0.670. The van der Waals surface area contributed by atoms with Crippen molar-refractivity contribution < 1.29 is 4.79 Å². The Labute approximate surface area is 89.5 Å². The minimum absolute atomic E-state index is 0.214. The van der Waals surface area contributed by atoms with E-state index in [2.05, 4.69) is 0 Å². The second kappa shape index (κ2) is 4.24. The van der Waals surface area contributed by atoms with Gasteiger partial charge in [0.1, 0.15) is 0 Å². The van der Waals surface area contributed by atoms with Crippen LogP contribution in [0.25, 0.3) is 0 Å². The zero-order chi connectivity index (χ0) is 10.8. The molecule has 0 aliphatic heterocycles. The van der Waals surface area contributed by atoms with Crippen molar-refractivity contribution in [2.75, 3.05) is 14.1 Å². The van der Waals surface area contributed by atoms with Gasteiger partial charge in [-0.2, -0.15) is 11.3 Å². The number of Topliss-reactive ketones (excluding diaryl/α,β-unsaturated/α-hetero) is 1. The highest BCUT2D eigenvalue weighted by Gasteiger charge is 2.34. The normalized spacial score (nSPS) is 15.5. The molecule has 1 unspecified atom stereocenters. The van der Waals surface area contributed by atoms with Crippen molar-refractivity contribution in [1.82, 2.24) is 4.90 Å². The van der Waals surface area contributed by atoms with E-state index in [1.807, 2.05) is 49.7 Å². The van der Waals surface area contributed by atoms with Crippen LogP contribution in [0, 0.1) is 0 Å². The average Bonchev–Trinajstić information content (AvgIpc) is 2.67. The molecule has 0 bridgehead atoms. The van der Waals surface area contributed by atoms with Crippen LogP contribution in [0.5, 0.6) is 0 Å². The molecule has 14 heavy (non-hydrogen) atoms. The van der Waals surface area contributed by atoms with Gasteiger partial charge in [-0.05, 0) is 38.9 Å². The molecule has 1 rings (SSSR count). The Morgan fingerprint density at radius 1 is 1.57 bits per heavy atom. The van der Waals surface area contributed by atoms with Crippen molar-refractivity contribution in [2.24, 2.45) is 0 Å². The number of nitrogens with zero attached hydrogens (tertiary/aromatic N) is 1. The van der Waals surface area contributed by atoms with Crippen molar-refractivity contribution in [1.29, 1.82) is 0 Å². The lowest BCUT2D eigenvalue weighted by Crippen LogP contribution is -2.47. The summed E-state index contributed by atoms with van der Waals surface area (Å²) in [6.07, 6.45) is 0.828. The van der Waals surface area contributed by atoms with E-state index >= 15 is 0 Å². The van der Waals surface area contributed by atoms with E-state index in [1.165, 1.54) is 0 Å². The lowest BCUT2D eigenvalue weighted by Gasteiger charge is -2.33. The number of ketones is 1. The third kappa shape index (κ3) is 1.88. The molecule has 0 N–H and O–H groups in total. The molecule has 1 atom stereocenters. The van der Waals surface area contributed by atoms with E-state index in [0.717, 1.165) is 12.0 Å². The maximum absolute atomic E-state index is 12.2. The van der Waals surface area contributed by atoms with E-state index in [0.29, 0.717) is 0 Å². The minimum atomic E-state index is -0.374. The Kier molecular flexibility index (Phi) is 3.45. The molecule has 0 saturated carbocycles. The lowest BCUT2D eigenvalue weighted by molar-refractivity contribution is 0.0711. The summed E-state index contributed by atoms with van der Waals surface area (Å²) in [5, 5.41) is 3.86. The molecule has 1 aromatic rings. The van der Waals surface area contributed by atoms with Gasteiger partial charge in [-0.1, -0.05) is 6.92 Å². The summed E-state index contributed by atoms with van der Waals surface area (Å²) < 4.78 is 0. The molecule has 0 aliphatic rings. The van der Waals surface area contributed by atoms with Gasteiger partial charge in [-0.3, -0.25) is 9.69 Å². The quantitative estimate of drug-likeness (QED) is 0.714. The van der Waals surface area contributed by atoms with Crippen molar-refractivity contribution in [3.8, 4) is 0 Å². The Morgan fingerprint density at radius 2 is 2.21 bits per heavy atom. The minimum Gasteiger partial charge on any atom is -0.297 e. The second-order valence-electron chi connectivity index (χ2n) is 3.86. The molecular weight excluding hydrogens is 194 g/mol. The topological polar surface area (TPSA) is 20.3 Å². The van der Waals surface area contributed by atoms with Crippen molar-refractivity contribution in [2.45, 2.75) is 25.8 Å². The van der Waals surface area contributed by atoms with E-state index in [-0.39, 0.29) is 11.3 Å². The van der Waals surface area contributed by atoms with Crippen LogP contribution < -0.4 is 0 Å². The maximum Gasteiger partial charge on any atom is 0.183 e. The Bertz CT molecular complexity index is 305. The maximum atomic E-state index is 12.2. The first kappa shape index (κ1) is 11.4. The highest BCUT2D eigenvalue weighted by Crippen LogP contribution is 2.23. The predicted molar refractivity (Wildman–Crippen MR) is 61.0 cm³/mol. The van der Waals surface area contributed by atoms with Gasteiger partial charge in [0.05, 0.1) is 5.54 Å². The largest absolute Gasteiger partial charge is 0.297 e. The van der Waals surface area contributed by atoms with Crippen molar-refractivity contribution in [3.63, 3.8) is 0 Å². The number of carbonyl (C=O) groups excluding carboxylic acids is 1. The third-order valence-corrected chi connectivity index (χ3v) is 3.63. The Balaban J connectivity index is 2.97. The van der Waals surface area contributed by atoms with Gasteiger partial charge < -0.3 is 0 Å². The van der Waals surface area contributed by atoms with Gasteiger partial charge in [-0.25, -0.2) is 0 Å². The number of carbonyl (C=O) groups is 1. The lowest BCUT2D eigenvalue weighted by atomic mass is 9.89. The molecule has 0 fully saturated rings. The van der Waals surface area contributed by atoms with Gasteiger partial charge in [0, 0.05) is 10.9 Å². The van der Waals surface area contributed by atoms with E-state index in [1.54, 1.807) is 11.3 Å². The molecule has 3 heteroatoms. The van der Waals surface area contributed by atoms with Gasteiger partial charge >= 0.3 is 0 Å². The molecule has 2 nitrogen and oxygen atoms in total. The molecular formula is C11H17NOS. The molecule has 1 aromatic heterocycles. The Morgan fingerprint density at radius 3 is 2.57 bits per heavy atom. The van der Waals surface area contributed by atoms with E-state index in [9.17, 15) is 4.79 Å². The van der Waals surface area contributed by atoms with Crippen LogP contribution in [0.1, 0.15) is 30.6 Å². The summed E-state index contributed by atoms with van der Waals surface area (Å²) in [4.78, 5) is 14.2. The number of hydrogen-bond donors (Lipinski definition) is 0. The molecule has 0 aromatic carbocycles. The van der Waals surface area contributed by atoms with Crippen LogP contribution in [0.4, 0.5) is 0 Å². The molecule has 0 aliphatic carbocycles. The van der Waals surface area contributed by atoms with Crippen molar-refractivity contribution in [3.05, 3.63) is 22.4 Å². The van der Waals surface area contributed by atoms with Crippen molar-refractivity contribution >= 4 is 17.1 Å². The molecule has 1 heterocycles. The standard InChI is InChI=1S/C11H17NOS/c1-5-11(2,12(3)4)10(13)9-6-7-14-8-9/h6-8H,5H2,1-4H3. The van der Waals surface area contributed by atoms with Gasteiger partial charge in [0.2, 0.25) is 0 Å². The summed E-state index contributed by atoms with van der Waals surface area (Å²) in [7, 11) is 3.90. The summed E-state index contributed by atoms with van der Waals surface area (Å²) in [6.45, 7) is 4.04. The van der Waals surface area contributed by atoms with Crippen LogP contribution in [0.3, 0.4) is 0 Å². The van der Waals surface area contributed by atoms with Crippen LogP contribution in [-0.4, -0.2) is 30.3 Å². The fraction of sp³-hybridized carbons (Fsp3) is 0.545. The highest BCUT2D eigenvalue weighted by molar-refractivity contribution is 7.08. The smallest absolute Gasteiger partial charge is 0.183 e. The molecule has 0 spiro atoms. The van der Waals surface area contributed by atoms with Gasteiger partial charge in [0.25, 0.3) is 0 Å². The summed E-state index contributed by atoms with van der Waals surface area (Å²) in [6, 6.07) is 1.89. The third-order valence-electron chi connectivity index (χ3n) is 2.95. The first-order valence-electron chi connectivity index (χ1n) is 4.76.